The Bertz CT molecular complexity index is 414. The van der Waals surface area contributed by atoms with Crippen LogP contribution in [0, 0.1) is 0 Å². The van der Waals surface area contributed by atoms with Crippen molar-refractivity contribution in [3.8, 4) is 11.5 Å². The fourth-order valence-electron chi connectivity index (χ4n) is 2.79. The number of methoxy groups -OCH3 is 2. The van der Waals surface area contributed by atoms with Crippen LogP contribution >= 0.6 is 0 Å². The zero-order valence-electron chi connectivity index (χ0n) is 12.4. The average molecular weight is 279 g/mol. The van der Waals surface area contributed by atoms with Crippen LogP contribution in [0.2, 0.25) is 0 Å². The zero-order valence-corrected chi connectivity index (χ0v) is 12.4. The molecule has 0 aromatic heterocycles. The first-order valence-electron chi connectivity index (χ1n) is 7.38. The molecule has 2 unspecified atom stereocenters. The number of rotatable bonds is 5. The second-order valence-electron chi connectivity index (χ2n) is 5.36. The van der Waals surface area contributed by atoms with Gasteiger partial charge in [0.05, 0.1) is 20.3 Å². The maximum absolute atomic E-state index is 10.5. The summed E-state index contributed by atoms with van der Waals surface area (Å²) in [7, 11) is 3.25. The summed E-state index contributed by atoms with van der Waals surface area (Å²) in [5.41, 5.74) is 0.833. The molecule has 2 rings (SSSR count). The summed E-state index contributed by atoms with van der Waals surface area (Å²) in [5, 5.41) is 14.0. The minimum atomic E-state index is -0.508. The molecule has 0 amide bonds. The highest BCUT2D eigenvalue weighted by molar-refractivity contribution is 5.42. The number of aliphatic hydroxyl groups excluding tert-OH is 1. The molecule has 1 fully saturated rings. The van der Waals surface area contributed by atoms with Crippen LogP contribution < -0.4 is 14.8 Å². The lowest BCUT2D eigenvalue weighted by molar-refractivity contribution is 0.146. The van der Waals surface area contributed by atoms with Crippen molar-refractivity contribution in [1.29, 1.82) is 0 Å². The Hall–Kier alpha value is -1.26. The fraction of sp³-hybridized carbons (Fsp3) is 0.625. The van der Waals surface area contributed by atoms with Gasteiger partial charge in [-0.25, -0.2) is 0 Å². The van der Waals surface area contributed by atoms with Crippen LogP contribution in [0.15, 0.2) is 18.2 Å². The first kappa shape index (κ1) is 15.1. The Morgan fingerprint density at radius 1 is 1.25 bits per heavy atom. The number of hydrogen-bond donors (Lipinski definition) is 2. The minimum Gasteiger partial charge on any atom is -0.497 e. The van der Waals surface area contributed by atoms with Crippen molar-refractivity contribution in [2.75, 3.05) is 20.8 Å². The van der Waals surface area contributed by atoms with Gasteiger partial charge in [-0.3, -0.25) is 0 Å². The molecule has 1 heterocycles. The van der Waals surface area contributed by atoms with Crippen LogP contribution in [-0.4, -0.2) is 31.9 Å². The van der Waals surface area contributed by atoms with E-state index in [1.165, 1.54) is 19.3 Å². The van der Waals surface area contributed by atoms with Crippen molar-refractivity contribution in [1.82, 2.24) is 5.32 Å². The maximum Gasteiger partial charge on any atom is 0.128 e. The van der Waals surface area contributed by atoms with Gasteiger partial charge in [0.15, 0.2) is 0 Å². The van der Waals surface area contributed by atoms with Crippen molar-refractivity contribution < 1.29 is 14.6 Å². The Balaban J connectivity index is 2.05. The third-order valence-corrected chi connectivity index (χ3v) is 3.97. The molecular formula is C16H25NO3. The van der Waals surface area contributed by atoms with Gasteiger partial charge < -0.3 is 19.9 Å². The van der Waals surface area contributed by atoms with Crippen LogP contribution in [0.1, 0.15) is 43.8 Å². The third-order valence-electron chi connectivity index (χ3n) is 3.97. The molecule has 2 N–H and O–H groups in total. The van der Waals surface area contributed by atoms with E-state index in [2.05, 4.69) is 5.32 Å². The molecule has 0 bridgehead atoms. The normalized spacial score (nSPS) is 21.1. The van der Waals surface area contributed by atoms with E-state index >= 15 is 0 Å². The molecule has 0 radical (unpaired) electrons. The van der Waals surface area contributed by atoms with Gasteiger partial charge in [-0.05, 0) is 37.9 Å². The standard InChI is InChI=1S/C16H25NO3/c1-19-13-7-8-14(16(11-13)20-2)15(18)10-12-6-4-3-5-9-17-12/h7-8,11-12,15,17-18H,3-6,9-10H2,1-2H3. The minimum absolute atomic E-state index is 0.388. The zero-order chi connectivity index (χ0) is 14.4. The quantitative estimate of drug-likeness (QED) is 0.870. The Labute approximate surface area is 121 Å². The molecule has 1 aromatic rings. The van der Waals surface area contributed by atoms with E-state index in [4.69, 9.17) is 9.47 Å². The Morgan fingerprint density at radius 3 is 2.85 bits per heavy atom. The van der Waals surface area contributed by atoms with Crippen LogP contribution in [0.3, 0.4) is 0 Å². The molecule has 1 aromatic carbocycles. The van der Waals surface area contributed by atoms with Crippen molar-refractivity contribution in [2.24, 2.45) is 0 Å². The van der Waals surface area contributed by atoms with Crippen molar-refractivity contribution in [3.63, 3.8) is 0 Å². The van der Waals surface area contributed by atoms with Crippen molar-refractivity contribution in [2.45, 2.75) is 44.2 Å². The molecule has 4 nitrogen and oxygen atoms in total. The van der Waals surface area contributed by atoms with Crippen molar-refractivity contribution >= 4 is 0 Å². The predicted octanol–water partition coefficient (Wildman–Crippen LogP) is 2.66. The molecule has 112 valence electrons. The van der Waals surface area contributed by atoms with Gasteiger partial charge in [0.25, 0.3) is 0 Å². The molecule has 1 aliphatic heterocycles. The molecule has 2 atom stereocenters. The van der Waals surface area contributed by atoms with E-state index in [9.17, 15) is 5.11 Å². The van der Waals surface area contributed by atoms with Gasteiger partial charge in [-0.15, -0.1) is 0 Å². The lowest BCUT2D eigenvalue weighted by Gasteiger charge is -2.21. The molecule has 0 aliphatic carbocycles. The van der Waals surface area contributed by atoms with Gasteiger partial charge in [0.1, 0.15) is 11.5 Å². The van der Waals surface area contributed by atoms with Crippen LogP contribution in [-0.2, 0) is 0 Å². The molecule has 1 aliphatic rings. The second kappa shape index (κ2) is 7.50. The fourth-order valence-corrected chi connectivity index (χ4v) is 2.79. The highest BCUT2D eigenvalue weighted by Gasteiger charge is 2.20. The first-order chi connectivity index (χ1) is 9.74. The topological polar surface area (TPSA) is 50.7 Å². The number of benzene rings is 1. The Morgan fingerprint density at radius 2 is 2.10 bits per heavy atom. The lowest BCUT2D eigenvalue weighted by atomic mass is 9.98. The van der Waals surface area contributed by atoms with E-state index < -0.39 is 6.10 Å². The van der Waals surface area contributed by atoms with Crippen LogP contribution in [0.5, 0.6) is 11.5 Å². The largest absolute Gasteiger partial charge is 0.497 e. The summed E-state index contributed by atoms with van der Waals surface area (Å²) in [6.45, 7) is 1.05. The monoisotopic (exact) mass is 279 g/mol. The summed E-state index contributed by atoms with van der Waals surface area (Å²) >= 11 is 0. The first-order valence-corrected chi connectivity index (χ1v) is 7.38. The SMILES string of the molecule is COc1ccc(C(O)CC2CCCCCN2)c(OC)c1. The highest BCUT2D eigenvalue weighted by Crippen LogP contribution is 2.32. The third kappa shape index (κ3) is 3.87. The summed E-state index contributed by atoms with van der Waals surface area (Å²) < 4.78 is 10.5. The molecule has 20 heavy (non-hydrogen) atoms. The van der Waals surface area contributed by atoms with E-state index in [-0.39, 0.29) is 0 Å². The number of nitrogens with one attached hydrogen (secondary N) is 1. The lowest BCUT2D eigenvalue weighted by Crippen LogP contribution is -2.30. The van der Waals surface area contributed by atoms with E-state index in [1.807, 2.05) is 18.2 Å². The maximum atomic E-state index is 10.5. The summed E-state index contributed by atoms with van der Waals surface area (Å²) in [5.74, 6) is 1.43. The van der Waals surface area contributed by atoms with Crippen LogP contribution in [0.4, 0.5) is 0 Å². The molecular weight excluding hydrogens is 254 g/mol. The van der Waals surface area contributed by atoms with E-state index in [0.717, 1.165) is 30.7 Å². The average Bonchev–Trinajstić information content (AvgIpc) is 2.75. The van der Waals surface area contributed by atoms with Gasteiger partial charge in [0, 0.05) is 17.7 Å². The smallest absolute Gasteiger partial charge is 0.128 e. The number of ether oxygens (including phenoxy) is 2. The van der Waals surface area contributed by atoms with Gasteiger partial charge in [-0.1, -0.05) is 12.8 Å². The van der Waals surface area contributed by atoms with Gasteiger partial charge in [-0.2, -0.15) is 0 Å². The molecule has 1 saturated heterocycles. The summed E-state index contributed by atoms with van der Waals surface area (Å²) in [6.07, 6.45) is 5.11. The summed E-state index contributed by atoms with van der Waals surface area (Å²) in [4.78, 5) is 0. The number of aliphatic hydroxyl groups is 1. The van der Waals surface area contributed by atoms with Crippen LogP contribution in [0.25, 0.3) is 0 Å². The molecule has 0 spiro atoms. The van der Waals surface area contributed by atoms with Gasteiger partial charge in [0.2, 0.25) is 0 Å². The highest BCUT2D eigenvalue weighted by atomic mass is 16.5. The molecule has 0 saturated carbocycles. The van der Waals surface area contributed by atoms with E-state index in [0.29, 0.717) is 11.8 Å². The second-order valence-corrected chi connectivity index (χ2v) is 5.36. The number of hydrogen-bond acceptors (Lipinski definition) is 4. The molecule has 4 heteroatoms. The van der Waals surface area contributed by atoms with E-state index in [1.54, 1.807) is 14.2 Å². The summed E-state index contributed by atoms with van der Waals surface area (Å²) in [6, 6.07) is 5.96. The van der Waals surface area contributed by atoms with Crippen molar-refractivity contribution in [3.05, 3.63) is 23.8 Å². The Kier molecular flexibility index (Phi) is 5.68. The predicted molar refractivity (Wildman–Crippen MR) is 79.4 cm³/mol. The van der Waals surface area contributed by atoms with Gasteiger partial charge >= 0.3 is 0 Å².